The van der Waals surface area contributed by atoms with E-state index in [2.05, 4.69) is 20.2 Å². The molecule has 6 aromatic rings. The molecule has 2 aliphatic carbocycles. The van der Waals surface area contributed by atoms with Crippen LogP contribution in [0.3, 0.4) is 0 Å². The largest absolute Gasteiger partial charge is 0.444 e. The number of anilines is 2. The molecule has 1 saturated carbocycles. The van der Waals surface area contributed by atoms with Crippen LogP contribution in [0.5, 0.6) is 0 Å². The Hall–Kier alpha value is -6.04. The maximum absolute atomic E-state index is 15.6. The number of aromatic nitrogens is 6. The number of piperazine rings is 1. The summed E-state index contributed by atoms with van der Waals surface area (Å²) in [6.07, 6.45) is -5.12. The van der Waals surface area contributed by atoms with Gasteiger partial charge in [-0.3, -0.25) is 18.9 Å². The number of halogens is 7. The fourth-order valence-electron chi connectivity index (χ4n) is 9.16. The van der Waals surface area contributed by atoms with Gasteiger partial charge in [0.1, 0.15) is 29.5 Å². The molecule has 1 saturated heterocycles. The smallest absolute Gasteiger partial charge is 0.435 e. The van der Waals surface area contributed by atoms with E-state index in [1.807, 2.05) is 11.8 Å². The van der Waals surface area contributed by atoms with E-state index in [1.165, 1.54) is 16.0 Å². The summed E-state index contributed by atoms with van der Waals surface area (Å²) in [4.78, 5) is 40.6. The SMILES string of the molecule is C[C@@H]1CN(c2nc3nc([C@H](Cc4cc(F)cc(F)c4)NC(=O)Cn4nc(C(F)(F)F)c5c4C(F)(F)[C@@H]4C[C@H]54)c(-c4cccc5c(NS(C)(=O)=O)nn(C)c45)cc3s2)CCN1C(=O)OC(C)(C)C. The summed E-state index contributed by atoms with van der Waals surface area (Å²) in [5, 5.41) is 11.5. The van der Waals surface area contributed by atoms with E-state index in [9.17, 15) is 40.0 Å². The van der Waals surface area contributed by atoms with Gasteiger partial charge in [0, 0.05) is 66.8 Å². The highest BCUT2D eigenvalue weighted by Gasteiger charge is 2.68. The Kier molecular flexibility index (Phi) is 11.0. The zero-order chi connectivity index (χ0) is 48.3. The second-order valence-electron chi connectivity index (χ2n) is 18.2. The number of carbonyl (C=O) groups excluding carboxylic acids is 2. The van der Waals surface area contributed by atoms with Gasteiger partial charge in [-0.2, -0.15) is 37.1 Å². The monoisotopic (exact) mass is 976 g/mol. The summed E-state index contributed by atoms with van der Waals surface area (Å²) in [5.74, 6) is -9.08. The van der Waals surface area contributed by atoms with E-state index in [-0.39, 0.29) is 41.6 Å². The van der Waals surface area contributed by atoms with Crippen LogP contribution in [0.2, 0.25) is 0 Å². The minimum Gasteiger partial charge on any atom is -0.444 e. The van der Waals surface area contributed by atoms with Gasteiger partial charge < -0.3 is 19.9 Å². The van der Waals surface area contributed by atoms with E-state index in [1.54, 1.807) is 57.0 Å². The second kappa shape index (κ2) is 16.0. The summed E-state index contributed by atoms with van der Waals surface area (Å²) in [6.45, 7) is 7.14. The molecule has 4 atom stereocenters. The lowest BCUT2D eigenvalue weighted by Gasteiger charge is -2.40. The number of pyridine rings is 1. The van der Waals surface area contributed by atoms with Crippen LogP contribution in [0.25, 0.3) is 32.4 Å². The molecule has 24 heteroatoms. The minimum absolute atomic E-state index is 0.00309. The molecule has 5 heterocycles. The molecule has 2 N–H and O–H groups in total. The number of rotatable bonds is 10. The zero-order valence-electron chi connectivity index (χ0n) is 36.7. The maximum atomic E-state index is 15.6. The number of ether oxygens (including phenoxy) is 1. The number of alkyl halides is 5. The van der Waals surface area contributed by atoms with Gasteiger partial charge in [-0.1, -0.05) is 23.5 Å². The van der Waals surface area contributed by atoms with Crippen molar-refractivity contribution < 1.29 is 53.5 Å². The fourth-order valence-corrected chi connectivity index (χ4v) is 10.6. The molecular weight excluding hydrogens is 934 g/mol. The summed E-state index contributed by atoms with van der Waals surface area (Å²) >= 11 is 1.26. The van der Waals surface area contributed by atoms with Crippen LogP contribution in [0.15, 0.2) is 42.5 Å². The predicted octanol–water partition coefficient (Wildman–Crippen LogP) is 7.86. The van der Waals surface area contributed by atoms with Crippen molar-refractivity contribution in [1.29, 1.82) is 0 Å². The van der Waals surface area contributed by atoms with Gasteiger partial charge in [-0.25, -0.2) is 27.0 Å². The van der Waals surface area contributed by atoms with Crippen LogP contribution in [-0.4, -0.2) is 92.4 Å². The van der Waals surface area contributed by atoms with Crippen molar-refractivity contribution in [2.24, 2.45) is 13.0 Å². The lowest BCUT2D eigenvalue weighted by Crippen LogP contribution is -2.55. The zero-order valence-corrected chi connectivity index (χ0v) is 38.3. The van der Waals surface area contributed by atoms with E-state index in [4.69, 9.17) is 14.7 Å². The number of sulfonamides is 1. The molecule has 0 spiro atoms. The Morgan fingerprint density at radius 2 is 1.73 bits per heavy atom. The van der Waals surface area contributed by atoms with E-state index >= 15 is 8.78 Å². The van der Waals surface area contributed by atoms with Crippen molar-refractivity contribution in [2.75, 3.05) is 35.5 Å². The lowest BCUT2D eigenvalue weighted by molar-refractivity contribution is -0.142. The first kappa shape index (κ1) is 46.1. The van der Waals surface area contributed by atoms with Crippen molar-refractivity contribution in [3.63, 3.8) is 0 Å². The molecule has 2 aromatic carbocycles. The van der Waals surface area contributed by atoms with Gasteiger partial charge in [-0.15, -0.1) is 0 Å². The summed E-state index contributed by atoms with van der Waals surface area (Å²) < 4.78 is 138. The molecular formula is C43H43F7N10O5S2. The normalized spacial score (nSPS) is 19.7. The third-order valence-electron chi connectivity index (χ3n) is 11.9. The average Bonchev–Trinajstić information content (AvgIpc) is 3.46. The topological polar surface area (TPSA) is 169 Å². The van der Waals surface area contributed by atoms with Crippen molar-refractivity contribution in [2.45, 2.75) is 82.8 Å². The number of hydrogen-bond donors (Lipinski definition) is 2. The van der Waals surface area contributed by atoms with Crippen LogP contribution < -0.4 is 14.9 Å². The van der Waals surface area contributed by atoms with Gasteiger partial charge in [0.15, 0.2) is 22.3 Å². The van der Waals surface area contributed by atoms with Gasteiger partial charge in [0.25, 0.3) is 5.92 Å². The quantitative estimate of drug-likeness (QED) is 0.129. The van der Waals surface area contributed by atoms with E-state index < -0.39 is 92.7 Å². The summed E-state index contributed by atoms with van der Waals surface area (Å²) in [7, 11) is -2.25. The Morgan fingerprint density at radius 3 is 2.39 bits per heavy atom. The number of nitrogens with zero attached hydrogens (tertiary/aromatic N) is 8. The van der Waals surface area contributed by atoms with Crippen molar-refractivity contribution in [3.8, 4) is 11.1 Å². The summed E-state index contributed by atoms with van der Waals surface area (Å²) in [5.41, 5.74) is -2.49. The Labute approximate surface area is 382 Å². The van der Waals surface area contributed by atoms with Crippen LogP contribution in [0.4, 0.5) is 46.5 Å². The number of para-hydroxylation sites is 1. The van der Waals surface area contributed by atoms with Gasteiger partial charge >= 0.3 is 12.3 Å². The highest BCUT2D eigenvalue weighted by atomic mass is 32.2. The standard InChI is InChI=1S/C43H43F7N10O5S2/c1-20-18-58(10-11-59(20)40(62)65-41(2,3)4)39-53-38-30(66-39)17-26(24-8-7-9-25-34(24)57(5)55-37(25)56-67(6,63)64)33(52-38)29(14-21-12-22(44)15-23(45)13-21)51-31(61)19-60-36-32(35(54-60)43(48,49)50)27-16-28(27)42(36,46)47/h7-9,12-13,15,17,20,27-29H,10-11,14,16,18-19H2,1-6H3,(H,51,61)(H,55,56)/t20-,27+,28-,29+/m1/s1. The first-order chi connectivity index (χ1) is 31.3. The molecule has 0 unspecified atom stereocenters. The first-order valence-electron chi connectivity index (χ1n) is 21.1. The van der Waals surface area contributed by atoms with E-state index in [0.717, 1.165) is 18.4 Å². The average molecular weight is 977 g/mol. The molecule has 3 aliphatic rings. The van der Waals surface area contributed by atoms with Gasteiger partial charge in [0.05, 0.1) is 28.2 Å². The number of fused-ring (bicyclic) bond motifs is 5. The second-order valence-corrected chi connectivity index (χ2v) is 21.0. The Bertz CT molecular complexity index is 3090. The molecule has 0 radical (unpaired) electrons. The number of benzene rings is 2. The molecule has 2 fully saturated rings. The molecule has 1 aliphatic heterocycles. The molecule has 0 bridgehead atoms. The number of carbonyl (C=O) groups is 2. The van der Waals surface area contributed by atoms with E-state index in [0.29, 0.717) is 62.2 Å². The lowest BCUT2D eigenvalue weighted by atomic mass is 9.94. The highest BCUT2D eigenvalue weighted by Crippen LogP contribution is 2.68. The van der Waals surface area contributed by atoms with Crippen molar-refractivity contribution in [1.82, 2.24) is 39.7 Å². The van der Waals surface area contributed by atoms with Crippen LogP contribution >= 0.6 is 11.3 Å². The van der Waals surface area contributed by atoms with Crippen molar-refractivity contribution in [3.05, 3.63) is 82.3 Å². The molecule has 356 valence electrons. The molecule has 15 nitrogen and oxygen atoms in total. The highest BCUT2D eigenvalue weighted by molar-refractivity contribution is 7.92. The number of nitrogens with one attached hydrogen (secondary N) is 2. The molecule has 2 amide bonds. The van der Waals surface area contributed by atoms with Gasteiger partial charge in [-0.05, 0) is 76.3 Å². The van der Waals surface area contributed by atoms with Crippen LogP contribution in [0.1, 0.15) is 74.3 Å². The van der Waals surface area contributed by atoms with Crippen molar-refractivity contribution >= 4 is 65.6 Å². The number of hydrogen-bond acceptors (Lipinski definition) is 11. The fraction of sp³-hybridized carbons (Fsp3) is 0.442. The van der Waals surface area contributed by atoms with Crippen LogP contribution in [0, 0.1) is 17.6 Å². The minimum atomic E-state index is -5.09. The predicted molar refractivity (Wildman–Crippen MR) is 233 cm³/mol. The Balaban J connectivity index is 1.16. The van der Waals surface area contributed by atoms with Crippen LogP contribution in [-0.2, 0) is 51.7 Å². The first-order valence-corrected chi connectivity index (χ1v) is 23.8. The Morgan fingerprint density at radius 1 is 1.01 bits per heavy atom. The number of thiazole rings is 1. The van der Waals surface area contributed by atoms with Gasteiger partial charge in [0.2, 0.25) is 15.9 Å². The third-order valence-corrected chi connectivity index (χ3v) is 13.5. The maximum Gasteiger partial charge on any atom is 0.435 e. The number of aryl methyl sites for hydroxylation is 1. The summed E-state index contributed by atoms with van der Waals surface area (Å²) in [6, 6.07) is 7.67. The molecule has 4 aromatic heterocycles. The number of amides is 2. The third kappa shape index (κ3) is 8.84. The molecule has 9 rings (SSSR count). The molecule has 67 heavy (non-hydrogen) atoms.